The van der Waals surface area contributed by atoms with Gasteiger partial charge in [-0.3, -0.25) is 4.79 Å². The van der Waals surface area contributed by atoms with Crippen LogP contribution < -0.4 is 10.2 Å². The van der Waals surface area contributed by atoms with Crippen LogP contribution in [0.15, 0.2) is 48.5 Å². The van der Waals surface area contributed by atoms with Gasteiger partial charge in [0.05, 0.1) is 11.4 Å². The minimum atomic E-state index is -0.251. The summed E-state index contributed by atoms with van der Waals surface area (Å²) in [6, 6.07) is 14.3. The first kappa shape index (κ1) is 16.5. The highest BCUT2D eigenvalue weighted by atomic mass is 19.1. The molecule has 1 fully saturated rings. The molecule has 3 rings (SSSR count). The fourth-order valence-corrected chi connectivity index (χ4v) is 3.11. The molecule has 0 saturated carbocycles. The third-order valence-corrected chi connectivity index (χ3v) is 4.43. The Morgan fingerprint density at radius 1 is 1.00 bits per heavy atom. The topological polar surface area (TPSA) is 32.3 Å². The zero-order valence-corrected chi connectivity index (χ0v) is 13.8. The SMILES string of the molecule is O=C(CCc1ccc(F)cc1)Nc1ccccc1N1CCCCC1. The molecule has 0 radical (unpaired) electrons. The summed E-state index contributed by atoms with van der Waals surface area (Å²) in [7, 11) is 0. The van der Waals surface area contributed by atoms with Crippen LogP contribution in [0.5, 0.6) is 0 Å². The van der Waals surface area contributed by atoms with Crippen LogP contribution in [0.25, 0.3) is 0 Å². The number of aryl methyl sites for hydroxylation is 1. The van der Waals surface area contributed by atoms with E-state index in [1.807, 2.05) is 18.2 Å². The Labute approximate surface area is 142 Å². The molecule has 1 saturated heterocycles. The normalized spacial score (nSPS) is 14.5. The molecule has 2 aromatic rings. The lowest BCUT2D eigenvalue weighted by atomic mass is 10.1. The summed E-state index contributed by atoms with van der Waals surface area (Å²) in [4.78, 5) is 14.6. The van der Waals surface area contributed by atoms with Gasteiger partial charge in [0.25, 0.3) is 0 Å². The van der Waals surface area contributed by atoms with Gasteiger partial charge in [0.1, 0.15) is 5.82 Å². The van der Waals surface area contributed by atoms with Crippen molar-refractivity contribution in [2.45, 2.75) is 32.1 Å². The van der Waals surface area contributed by atoms with E-state index in [1.54, 1.807) is 12.1 Å². The predicted molar refractivity (Wildman–Crippen MR) is 95.9 cm³/mol. The zero-order chi connectivity index (χ0) is 16.8. The van der Waals surface area contributed by atoms with Crippen LogP contribution >= 0.6 is 0 Å². The molecule has 2 aromatic carbocycles. The number of carbonyl (C=O) groups is 1. The highest BCUT2D eigenvalue weighted by Gasteiger charge is 2.15. The minimum Gasteiger partial charge on any atom is -0.370 e. The van der Waals surface area contributed by atoms with Gasteiger partial charge in [0, 0.05) is 19.5 Å². The summed E-state index contributed by atoms with van der Waals surface area (Å²) in [5.74, 6) is -0.262. The zero-order valence-electron chi connectivity index (χ0n) is 13.8. The van der Waals surface area contributed by atoms with Crippen molar-refractivity contribution >= 4 is 17.3 Å². The number of benzene rings is 2. The number of nitrogens with zero attached hydrogens (tertiary/aromatic N) is 1. The van der Waals surface area contributed by atoms with E-state index in [9.17, 15) is 9.18 Å². The van der Waals surface area contributed by atoms with E-state index in [1.165, 1.54) is 31.4 Å². The summed E-state index contributed by atoms with van der Waals surface area (Å²) in [6.45, 7) is 2.09. The molecule has 3 nitrogen and oxygen atoms in total. The van der Waals surface area contributed by atoms with Crippen LogP contribution in [0, 0.1) is 5.82 Å². The van der Waals surface area contributed by atoms with E-state index in [0.29, 0.717) is 12.8 Å². The smallest absolute Gasteiger partial charge is 0.224 e. The number of carbonyl (C=O) groups excluding carboxylic acids is 1. The molecule has 0 unspecified atom stereocenters. The fourth-order valence-electron chi connectivity index (χ4n) is 3.11. The highest BCUT2D eigenvalue weighted by molar-refractivity contribution is 5.94. The molecule has 0 aliphatic carbocycles. The lowest BCUT2D eigenvalue weighted by Crippen LogP contribution is -2.30. The third kappa shape index (κ3) is 4.34. The number of rotatable bonds is 5. The van der Waals surface area contributed by atoms with Gasteiger partial charge >= 0.3 is 0 Å². The number of amides is 1. The third-order valence-electron chi connectivity index (χ3n) is 4.43. The van der Waals surface area contributed by atoms with Crippen LogP contribution in [0.4, 0.5) is 15.8 Å². The van der Waals surface area contributed by atoms with Gasteiger partial charge in [-0.05, 0) is 55.5 Å². The summed E-state index contributed by atoms with van der Waals surface area (Å²) >= 11 is 0. The number of halogens is 1. The maximum absolute atomic E-state index is 12.9. The molecule has 0 atom stereocenters. The van der Waals surface area contributed by atoms with Gasteiger partial charge in [-0.25, -0.2) is 4.39 Å². The van der Waals surface area contributed by atoms with E-state index < -0.39 is 0 Å². The molecule has 126 valence electrons. The quantitative estimate of drug-likeness (QED) is 0.884. The van der Waals surface area contributed by atoms with Crippen molar-refractivity contribution in [1.82, 2.24) is 0 Å². The van der Waals surface area contributed by atoms with Gasteiger partial charge < -0.3 is 10.2 Å². The van der Waals surface area contributed by atoms with Gasteiger partial charge in [-0.15, -0.1) is 0 Å². The molecule has 1 aliphatic rings. The van der Waals surface area contributed by atoms with Gasteiger partial charge in [0.2, 0.25) is 5.91 Å². The number of nitrogens with one attached hydrogen (secondary N) is 1. The second-order valence-corrected chi connectivity index (χ2v) is 6.24. The standard InChI is InChI=1S/C20H23FN2O/c21-17-11-8-16(9-12-17)10-13-20(24)22-18-6-2-3-7-19(18)23-14-4-1-5-15-23/h2-3,6-9,11-12H,1,4-5,10,13-15H2,(H,22,24). The van der Waals surface area contributed by atoms with E-state index in [4.69, 9.17) is 0 Å². The van der Waals surface area contributed by atoms with Crippen molar-refractivity contribution in [3.63, 3.8) is 0 Å². The molecule has 1 amide bonds. The highest BCUT2D eigenvalue weighted by Crippen LogP contribution is 2.28. The number of hydrogen-bond acceptors (Lipinski definition) is 2. The van der Waals surface area contributed by atoms with Gasteiger partial charge in [0.15, 0.2) is 0 Å². The van der Waals surface area contributed by atoms with Crippen molar-refractivity contribution in [2.24, 2.45) is 0 Å². The Morgan fingerprint density at radius 3 is 2.46 bits per heavy atom. The molecule has 0 aromatic heterocycles. The van der Waals surface area contributed by atoms with E-state index in [2.05, 4.69) is 16.3 Å². The number of hydrogen-bond donors (Lipinski definition) is 1. The van der Waals surface area contributed by atoms with E-state index in [0.717, 1.165) is 30.0 Å². The Morgan fingerprint density at radius 2 is 1.71 bits per heavy atom. The maximum Gasteiger partial charge on any atom is 0.224 e. The average molecular weight is 326 g/mol. The molecule has 1 N–H and O–H groups in total. The lowest BCUT2D eigenvalue weighted by molar-refractivity contribution is -0.116. The fraction of sp³-hybridized carbons (Fsp3) is 0.350. The van der Waals surface area contributed by atoms with Crippen molar-refractivity contribution in [2.75, 3.05) is 23.3 Å². The monoisotopic (exact) mass is 326 g/mol. The van der Waals surface area contributed by atoms with Crippen LogP contribution in [-0.4, -0.2) is 19.0 Å². The minimum absolute atomic E-state index is 0.0104. The Kier molecular flexibility index (Phi) is 5.47. The largest absolute Gasteiger partial charge is 0.370 e. The number of anilines is 2. The average Bonchev–Trinajstić information content (AvgIpc) is 2.62. The maximum atomic E-state index is 12.9. The molecule has 4 heteroatoms. The first-order valence-electron chi connectivity index (χ1n) is 8.60. The van der Waals surface area contributed by atoms with E-state index in [-0.39, 0.29) is 11.7 Å². The van der Waals surface area contributed by atoms with E-state index >= 15 is 0 Å². The Hall–Kier alpha value is -2.36. The predicted octanol–water partition coefficient (Wildman–Crippen LogP) is 4.39. The molecule has 24 heavy (non-hydrogen) atoms. The summed E-state index contributed by atoms with van der Waals surface area (Å²) in [6.07, 6.45) is 4.68. The molecular weight excluding hydrogens is 303 g/mol. The Bertz CT molecular complexity index is 678. The van der Waals surface area contributed by atoms with Crippen molar-refractivity contribution in [3.05, 3.63) is 59.9 Å². The van der Waals surface area contributed by atoms with Crippen molar-refractivity contribution in [1.29, 1.82) is 0 Å². The van der Waals surface area contributed by atoms with Crippen molar-refractivity contribution in [3.8, 4) is 0 Å². The lowest BCUT2D eigenvalue weighted by Gasteiger charge is -2.30. The Balaban J connectivity index is 1.60. The van der Waals surface area contributed by atoms with Crippen LogP contribution in [0.1, 0.15) is 31.2 Å². The molecule has 1 aliphatic heterocycles. The second kappa shape index (κ2) is 7.95. The first-order valence-corrected chi connectivity index (χ1v) is 8.60. The first-order chi connectivity index (χ1) is 11.7. The molecule has 0 spiro atoms. The summed E-state index contributed by atoms with van der Waals surface area (Å²) in [5.41, 5.74) is 2.95. The molecular formula is C20H23FN2O. The number of para-hydroxylation sites is 2. The van der Waals surface area contributed by atoms with Gasteiger partial charge in [-0.1, -0.05) is 24.3 Å². The molecule has 1 heterocycles. The second-order valence-electron chi connectivity index (χ2n) is 6.24. The summed E-state index contributed by atoms with van der Waals surface area (Å²) < 4.78 is 12.9. The van der Waals surface area contributed by atoms with Crippen molar-refractivity contribution < 1.29 is 9.18 Å². The number of piperidine rings is 1. The molecule has 0 bridgehead atoms. The van der Waals surface area contributed by atoms with Crippen LogP contribution in [-0.2, 0) is 11.2 Å². The van der Waals surface area contributed by atoms with Crippen LogP contribution in [0.2, 0.25) is 0 Å². The summed E-state index contributed by atoms with van der Waals surface area (Å²) in [5, 5.41) is 3.03. The van der Waals surface area contributed by atoms with Crippen LogP contribution in [0.3, 0.4) is 0 Å². The van der Waals surface area contributed by atoms with Gasteiger partial charge in [-0.2, -0.15) is 0 Å².